The van der Waals surface area contributed by atoms with Gasteiger partial charge in [0.15, 0.2) is 0 Å². The van der Waals surface area contributed by atoms with Gasteiger partial charge in [-0.15, -0.1) is 0 Å². The smallest absolute Gasteiger partial charge is 0.123 e. The molecule has 110 valence electrons. The summed E-state index contributed by atoms with van der Waals surface area (Å²) in [6.07, 6.45) is 1.80. The van der Waals surface area contributed by atoms with E-state index in [0.29, 0.717) is 19.3 Å². The van der Waals surface area contributed by atoms with Crippen molar-refractivity contribution in [1.82, 2.24) is 0 Å². The van der Waals surface area contributed by atoms with E-state index in [1.54, 1.807) is 13.2 Å². The molecule has 0 aromatic heterocycles. The Morgan fingerprint density at radius 1 is 1.24 bits per heavy atom. The Balaban J connectivity index is 1.98. The van der Waals surface area contributed by atoms with E-state index in [0.717, 1.165) is 28.0 Å². The van der Waals surface area contributed by atoms with Crippen LogP contribution < -0.4 is 4.74 Å². The summed E-state index contributed by atoms with van der Waals surface area (Å²) in [6.45, 7) is 2.02. The van der Waals surface area contributed by atoms with Crippen molar-refractivity contribution in [3.05, 3.63) is 64.5 Å². The predicted molar refractivity (Wildman–Crippen MR) is 80.1 cm³/mol. The first-order chi connectivity index (χ1) is 10.0. The number of halogens is 1. The van der Waals surface area contributed by atoms with E-state index in [1.807, 2.05) is 25.1 Å². The largest absolute Gasteiger partial charge is 0.496 e. The summed E-state index contributed by atoms with van der Waals surface area (Å²) in [7, 11) is 1.64. The average molecular weight is 286 g/mol. The molecule has 1 unspecified atom stereocenters. The maximum atomic E-state index is 13.3. The van der Waals surface area contributed by atoms with Crippen LogP contribution in [0.1, 0.15) is 28.7 Å². The molecule has 0 heterocycles. The van der Waals surface area contributed by atoms with Gasteiger partial charge >= 0.3 is 0 Å². The summed E-state index contributed by atoms with van der Waals surface area (Å²) in [5, 5.41) is 11.0. The van der Waals surface area contributed by atoms with Gasteiger partial charge in [-0.25, -0.2) is 4.39 Å². The Morgan fingerprint density at radius 2 is 2.05 bits per heavy atom. The van der Waals surface area contributed by atoms with Crippen LogP contribution in [0.25, 0.3) is 0 Å². The summed E-state index contributed by atoms with van der Waals surface area (Å²) >= 11 is 0. The molecule has 1 atom stereocenters. The number of hydrogen-bond donors (Lipinski definition) is 1. The third kappa shape index (κ3) is 2.54. The molecule has 3 heteroatoms. The molecule has 0 aliphatic heterocycles. The zero-order valence-corrected chi connectivity index (χ0v) is 12.3. The first kappa shape index (κ1) is 14.1. The molecule has 0 bridgehead atoms. The van der Waals surface area contributed by atoms with Crippen molar-refractivity contribution < 1.29 is 14.2 Å². The summed E-state index contributed by atoms with van der Waals surface area (Å²) in [4.78, 5) is 0. The van der Waals surface area contributed by atoms with Crippen LogP contribution in [0.5, 0.6) is 5.75 Å². The fourth-order valence-corrected chi connectivity index (χ4v) is 3.24. The Morgan fingerprint density at radius 3 is 2.81 bits per heavy atom. The number of ether oxygens (including phenoxy) is 1. The highest BCUT2D eigenvalue weighted by molar-refractivity contribution is 5.43. The van der Waals surface area contributed by atoms with Crippen molar-refractivity contribution in [1.29, 1.82) is 0 Å². The number of aliphatic hydroxyl groups is 1. The molecule has 21 heavy (non-hydrogen) atoms. The topological polar surface area (TPSA) is 29.5 Å². The average Bonchev–Trinajstić information content (AvgIpc) is 2.76. The zero-order chi connectivity index (χ0) is 15.0. The number of methoxy groups -OCH3 is 1. The van der Waals surface area contributed by atoms with Gasteiger partial charge in [-0.1, -0.05) is 23.8 Å². The van der Waals surface area contributed by atoms with Crippen LogP contribution in [0.4, 0.5) is 4.39 Å². The Hall–Kier alpha value is -1.87. The normalized spacial score (nSPS) is 20.4. The van der Waals surface area contributed by atoms with Gasteiger partial charge < -0.3 is 9.84 Å². The number of fused-ring (bicyclic) bond motifs is 1. The van der Waals surface area contributed by atoms with E-state index in [2.05, 4.69) is 0 Å². The third-order valence-electron chi connectivity index (χ3n) is 4.30. The summed E-state index contributed by atoms with van der Waals surface area (Å²) < 4.78 is 18.7. The van der Waals surface area contributed by atoms with Crippen molar-refractivity contribution in [3.63, 3.8) is 0 Å². The number of aryl methyl sites for hydroxylation is 2. The van der Waals surface area contributed by atoms with Crippen LogP contribution in [-0.4, -0.2) is 12.2 Å². The number of hydrogen-bond acceptors (Lipinski definition) is 2. The molecule has 0 radical (unpaired) electrons. The summed E-state index contributed by atoms with van der Waals surface area (Å²) in [6, 6.07) is 10.6. The molecule has 0 amide bonds. The monoisotopic (exact) mass is 286 g/mol. The fraction of sp³-hybridized carbons (Fsp3) is 0.333. The van der Waals surface area contributed by atoms with Crippen LogP contribution in [-0.2, 0) is 18.4 Å². The van der Waals surface area contributed by atoms with Crippen LogP contribution in [0.3, 0.4) is 0 Å². The molecule has 0 spiro atoms. The van der Waals surface area contributed by atoms with Gasteiger partial charge in [-0.2, -0.15) is 0 Å². The summed E-state index contributed by atoms with van der Waals surface area (Å²) in [5.41, 5.74) is 2.92. The van der Waals surface area contributed by atoms with E-state index in [-0.39, 0.29) is 5.82 Å². The molecule has 2 aromatic rings. The van der Waals surface area contributed by atoms with Gasteiger partial charge in [0.1, 0.15) is 11.6 Å². The Bertz CT molecular complexity index is 681. The first-order valence-electron chi connectivity index (χ1n) is 7.17. The second-order valence-electron chi connectivity index (χ2n) is 5.83. The minimum absolute atomic E-state index is 0.244. The highest BCUT2D eigenvalue weighted by Gasteiger charge is 2.37. The lowest BCUT2D eigenvalue weighted by molar-refractivity contribution is 0.0383. The SMILES string of the molecule is COc1ccc(C)cc1CC1(O)CCc2cc(F)ccc21. The Labute approximate surface area is 124 Å². The van der Waals surface area contributed by atoms with Gasteiger partial charge in [0.05, 0.1) is 12.7 Å². The zero-order valence-electron chi connectivity index (χ0n) is 12.3. The maximum absolute atomic E-state index is 13.3. The van der Waals surface area contributed by atoms with E-state index in [1.165, 1.54) is 12.1 Å². The molecule has 0 fully saturated rings. The van der Waals surface area contributed by atoms with Crippen molar-refractivity contribution in [2.45, 2.75) is 31.8 Å². The quantitative estimate of drug-likeness (QED) is 0.935. The van der Waals surface area contributed by atoms with Crippen LogP contribution in [0, 0.1) is 12.7 Å². The molecule has 1 aliphatic rings. The first-order valence-corrected chi connectivity index (χ1v) is 7.17. The van der Waals surface area contributed by atoms with Crippen LogP contribution in [0.15, 0.2) is 36.4 Å². The van der Waals surface area contributed by atoms with E-state index in [4.69, 9.17) is 4.74 Å². The highest BCUT2D eigenvalue weighted by atomic mass is 19.1. The standard InChI is InChI=1S/C18H19FO2/c1-12-3-6-17(21-2)14(9-12)11-18(20)8-7-13-10-15(19)4-5-16(13)18/h3-6,9-10,20H,7-8,11H2,1-2H3. The summed E-state index contributed by atoms with van der Waals surface area (Å²) in [5.74, 6) is 0.538. The highest BCUT2D eigenvalue weighted by Crippen LogP contribution is 2.41. The van der Waals surface area contributed by atoms with Crippen LogP contribution in [0.2, 0.25) is 0 Å². The predicted octanol–water partition coefficient (Wildman–Crippen LogP) is 3.52. The van der Waals surface area contributed by atoms with Gasteiger partial charge in [-0.05, 0) is 54.7 Å². The second kappa shape index (κ2) is 5.15. The molecule has 2 aromatic carbocycles. The van der Waals surface area contributed by atoms with Crippen molar-refractivity contribution in [2.24, 2.45) is 0 Å². The van der Waals surface area contributed by atoms with Crippen LogP contribution >= 0.6 is 0 Å². The van der Waals surface area contributed by atoms with E-state index >= 15 is 0 Å². The Kier molecular flexibility index (Phi) is 3.46. The molecule has 0 saturated carbocycles. The minimum atomic E-state index is -0.940. The molecule has 2 nitrogen and oxygen atoms in total. The lowest BCUT2D eigenvalue weighted by atomic mass is 9.88. The molecule has 1 N–H and O–H groups in total. The second-order valence-corrected chi connectivity index (χ2v) is 5.83. The van der Waals surface area contributed by atoms with E-state index < -0.39 is 5.60 Å². The van der Waals surface area contributed by atoms with Gasteiger partial charge in [0.25, 0.3) is 0 Å². The third-order valence-corrected chi connectivity index (χ3v) is 4.30. The van der Waals surface area contributed by atoms with Crippen molar-refractivity contribution in [2.75, 3.05) is 7.11 Å². The fourth-order valence-electron chi connectivity index (χ4n) is 3.24. The minimum Gasteiger partial charge on any atom is -0.496 e. The maximum Gasteiger partial charge on any atom is 0.123 e. The molecular formula is C18H19FO2. The van der Waals surface area contributed by atoms with Gasteiger partial charge in [-0.3, -0.25) is 0 Å². The lowest BCUT2D eigenvalue weighted by Gasteiger charge is -2.25. The van der Waals surface area contributed by atoms with Gasteiger partial charge in [0.2, 0.25) is 0 Å². The molecule has 1 aliphatic carbocycles. The van der Waals surface area contributed by atoms with Crippen molar-refractivity contribution >= 4 is 0 Å². The molecular weight excluding hydrogens is 267 g/mol. The van der Waals surface area contributed by atoms with E-state index in [9.17, 15) is 9.50 Å². The number of benzene rings is 2. The lowest BCUT2D eigenvalue weighted by Crippen LogP contribution is -2.25. The molecule has 0 saturated heterocycles. The van der Waals surface area contributed by atoms with Gasteiger partial charge in [0, 0.05) is 6.42 Å². The number of rotatable bonds is 3. The molecule has 3 rings (SSSR count). The van der Waals surface area contributed by atoms with Crippen molar-refractivity contribution in [3.8, 4) is 5.75 Å².